The molecule has 0 heterocycles. The summed E-state index contributed by atoms with van der Waals surface area (Å²) < 4.78 is 46.4. The first-order valence-corrected chi connectivity index (χ1v) is 11.4. The van der Waals surface area contributed by atoms with Crippen LogP contribution < -0.4 is 24.1 Å². The van der Waals surface area contributed by atoms with E-state index in [1.165, 1.54) is 6.07 Å². The lowest BCUT2D eigenvalue weighted by atomic mass is 9.94. The first-order chi connectivity index (χ1) is 15.3. The predicted molar refractivity (Wildman–Crippen MR) is 123 cm³/mol. The van der Waals surface area contributed by atoms with Gasteiger partial charge in [-0.05, 0) is 40.5 Å². The van der Waals surface area contributed by atoms with Crippen molar-refractivity contribution < 1.29 is 27.4 Å². The molecule has 3 rings (SSSR count). The Morgan fingerprint density at radius 1 is 0.688 bits per heavy atom. The fraction of sp³-hybridized carbons (Fsp3) is 0.250. The Bertz CT molecular complexity index is 1210. The number of hydrogen-bond acceptors (Lipinski definition) is 6. The van der Waals surface area contributed by atoms with Crippen molar-refractivity contribution >= 4 is 10.0 Å². The van der Waals surface area contributed by atoms with Gasteiger partial charge in [0, 0.05) is 25.0 Å². The van der Waals surface area contributed by atoms with Gasteiger partial charge in [0.15, 0.2) is 0 Å². The van der Waals surface area contributed by atoms with Gasteiger partial charge in [-0.25, -0.2) is 13.6 Å². The molecule has 0 aliphatic carbocycles. The first kappa shape index (κ1) is 23.4. The molecule has 2 N–H and O–H groups in total. The molecule has 0 radical (unpaired) electrons. The number of benzene rings is 3. The fourth-order valence-corrected chi connectivity index (χ4v) is 4.45. The minimum absolute atomic E-state index is 0.0837. The molecule has 0 saturated carbocycles. The van der Waals surface area contributed by atoms with Crippen LogP contribution in [-0.2, 0) is 22.9 Å². The predicted octanol–water partition coefficient (Wildman–Crippen LogP) is 3.55. The highest BCUT2D eigenvalue weighted by atomic mass is 32.2. The molecule has 7 nitrogen and oxygen atoms in total. The standard InChI is InChI=1S/C24H27NO6S/c1-28-19-10-8-17(22(14-19)30-3)12-16-6-5-7-24(32(25,26)27)21(16)13-18-9-11-20(29-2)15-23(18)31-4/h5-11,14-15H,12-13H2,1-4H3,(H2,25,26,27). The SMILES string of the molecule is COc1ccc(Cc2cccc(S(N)(=O)=O)c2Cc2ccc(OC)cc2OC)c(OC)c1. The summed E-state index contributed by atoms with van der Waals surface area (Å²) in [6.45, 7) is 0. The lowest BCUT2D eigenvalue weighted by Crippen LogP contribution is -2.16. The van der Waals surface area contributed by atoms with Crippen LogP contribution in [0.5, 0.6) is 23.0 Å². The van der Waals surface area contributed by atoms with E-state index in [0.29, 0.717) is 41.4 Å². The molecule has 0 atom stereocenters. The number of methoxy groups -OCH3 is 4. The molecule has 0 bridgehead atoms. The van der Waals surface area contributed by atoms with E-state index in [1.54, 1.807) is 46.6 Å². The lowest BCUT2D eigenvalue weighted by molar-refractivity contribution is 0.391. The Labute approximate surface area is 188 Å². The highest BCUT2D eigenvalue weighted by Crippen LogP contribution is 2.33. The van der Waals surface area contributed by atoms with Gasteiger partial charge in [0.05, 0.1) is 33.3 Å². The van der Waals surface area contributed by atoms with Gasteiger partial charge >= 0.3 is 0 Å². The molecule has 0 spiro atoms. The van der Waals surface area contributed by atoms with Gasteiger partial charge in [-0.15, -0.1) is 0 Å². The number of sulfonamides is 1. The highest BCUT2D eigenvalue weighted by molar-refractivity contribution is 7.89. The van der Waals surface area contributed by atoms with Crippen molar-refractivity contribution in [2.45, 2.75) is 17.7 Å². The van der Waals surface area contributed by atoms with Crippen LogP contribution in [0, 0.1) is 0 Å². The second kappa shape index (κ2) is 9.93. The molecule has 0 unspecified atom stereocenters. The zero-order valence-corrected chi connectivity index (χ0v) is 19.4. The van der Waals surface area contributed by atoms with Gasteiger partial charge in [0.25, 0.3) is 0 Å². The summed E-state index contributed by atoms with van der Waals surface area (Å²) in [4.78, 5) is 0.0837. The molecule has 32 heavy (non-hydrogen) atoms. The maximum atomic E-state index is 12.4. The molecule has 0 aromatic heterocycles. The van der Waals surface area contributed by atoms with Crippen molar-refractivity contribution in [2.75, 3.05) is 28.4 Å². The molecule has 8 heteroatoms. The van der Waals surface area contributed by atoms with Crippen LogP contribution in [-0.4, -0.2) is 36.9 Å². The molecule has 170 valence electrons. The molecule has 0 saturated heterocycles. The van der Waals surface area contributed by atoms with Crippen LogP contribution in [0.15, 0.2) is 59.5 Å². The second-order valence-electron chi connectivity index (χ2n) is 7.15. The normalized spacial score (nSPS) is 11.2. The van der Waals surface area contributed by atoms with Crippen molar-refractivity contribution in [3.05, 3.63) is 76.9 Å². The van der Waals surface area contributed by atoms with E-state index < -0.39 is 10.0 Å². The molecule has 0 amide bonds. The molecule has 0 aliphatic heterocycles. The highest BCUT2D eigenvalue weighted by Gasteiger charge is 2.20. The Kier molecular flexibility index (Phi) is 7.27. The van der Waals surface area contributed by atoms with E-state index in [0.717, 1.165) is 16.7 Å². The molecular formula is C24H27NO6S. The molecular weight excluding hydrogens is 430 g/mol. The van der Waals surface area contributed by atoms with Crippen molar-refractivity contribution in [2.24, 2.45) is 5.14 Å². The third-order valence-corrected chi connectivity index (χ3v) is 6.27. The van der Waals surface area contributed by atoms with Gasteiger partial charge in [-0.3, -0.25) is 0 Å². The monoisotopic (exact) mass is 457 g/mol. The molecule has 0 aliphatic rings. The smallest absolute Gasteiger partial charge is 0.238 e. The van der Waals surface area contributed by atoms with Crippen molar-refractivity contribution in [3.63, 3.8) is 0 Å². The Balaban J connectivity index is 2.12. The summed E-state index contributed by atoms with van der Waals surface area (Å²) >= 11 is 0. The Morgan fingerprint density at radius 2 is 1.22 bits per heavy atom. The van der Waals surface area contributed by atoms with Crippen LogP contribution in [0.4, 0.5) is 0 Å². The fourth-order valence-electron chi connectivity index (χ4n) is 3.64. The summed E-state index contributed by atoms with van der Waals surface area (Å²) in [5, 5.41) is 5.56. The number of ether oxygens (including phenoxy) is 4. The Morgan fingerprint density at radius 3 is 1.69 bits per heavy atom. The molecule has 3 aromatic rings. The number of rotatable bonds is 9. The van der Waals surface area contributed by atoms with Crippen LogP contribution in [0.1, 0.15) is 22.3 Å². The van der Waals surface area contributed by atoms with Gasteiger partial charge in [0.2, 0.25) is 10.0 Å². The van der Waals surface area contributed by atoms with Crippen molar-refractivity contribution in [3.8, 4) is 23.0 Å². The Hall–Kier alpha value is -3.23. The number of hydrogen-bond donors (Lipinski definition) is 1. The quantitative estimate of drug-likeness (QED) is 0.528. The third-order valence-electron chi connectivity index (χ3n) is 5.27. The largest absolute Gasteiger partial charge is 0.497 e. The summed E-state index contributed by atoms with van der Waals surface area (Å²) in [5.74, 6) is 2.57. The summed E-state index contributed by atoms with van der Waals surface area (Å²) in [6, 6.07) is 16.1. The van der Waals surface area contributed by atoms with E-state index in [-0.39, 0.29) is 4.90 Å². The van der Waals surface area contributed by atoms with Gasteiger partial charge in [-0.2, -0.15) is 0 Å². The minimum Gasteiger partial charge on any atom is -0.497 e. The lowest BCUT2D eigenvalue weighted by Gasteiger charge is -2.17. The van der Waals surface area contributed by atoms with Gasteiger partial charge in [0.1, 0.15) is 23.0 Å². The number of primary sulfonamides is 1. The van der Waals surface area contributed by atoms with Crippen LogP contribution in [0.2, 0.25) is 0 Å². The van der Waals surface area contributed by atoms with E-state index in [9.17, 15) is 8.42 Å². The van der Waals surface area contributed by atoms with Crippen LogP contribution >= 0.6 is 0 Å². The zero-order chi connectivity index (χ0) is 23.3. The van der Waals surface area contributed by atoms with Gasteiger partial charge < -0.3 is 18.9 Å². The van der Waals surface area contributed by atoms with Crippen molar-refractivity contribution in [1.29, 1.82) is 0 Å². The summed E-state index contributed by atoms with van der Waals surface area (Å²) in [5.41, 5.74) is 3.13. The average Bonchev–Trinajstić information content (AvgIpc) is 2.79. The maximum Gasteiger partial charge on any atom is 0.238 e. The van der Waals surface area contributed by atoms with E-state index in [4.69, 9.17) is 24.1 Å². The van der Waals surface area contributed by atoms with E-state index in [1.807, 2.05) is 30.3 Å². The van der Waals surface area contributed by atoms with Crippen LogP contribution in [0.25, 0.3) is 0 Å². The zero-order valence-electron chi connectivity index (χ0n) is 18.5. The summed E-state index contributed by atoms with van der Waals surface area (Å²) in [6.07, 6.45) is 0.762. The average molecular weight is 458 g/mol. The van der Waals surface area contributed by atoms with Crippen molar-refractivity contribution in [1.82, 2.24) is 0 Å². The second-order valence-corrected chi connectivity index (χ2v) is 8.68. The number of nitrogens with two attached hydrogens (primary N) is 1. The van der Waals surface area contributed by atoms with E-state index in [2.05, 4.69) is 0 Å². The minimum atomic E-state index is -3.94. The third kappa shape index (κ3) is 5.15. The van der Waals surface area contributed by atoms with Gasteiger partial charge in [-0.1, -0.05) is 24.3 Å². The summed E-state index contributed by atoms with van der Waals surface area (Å²) in [7, 11) is 2.37. The van der Waals surface area contributed by atoms with E-state index >= 15 is 0 Å². The first-order valence-electron chi connectivity index (χ1n) is 9.86. The molecule has 0 fully saturated rings. The molecule has 3 aromatic carbocycles. The van der Waals surface area contributed by atoms with Crippen LogP contribution in [0.3, 0.4) is 0 Å². The topological polar surface area (TPSA) is 97.1 Å². The maximum absolute atomic E-state index is 12.4.